The third-order valence-corrected chi connectivity index (χ3v) is 3.47. The summed E-state index contributed by atoms with van der Waals surface area (Å²) in [5, 5.41) is 3.50. The average Bonchev–Trinajstić information content (AvgIpc) is 1.94. The fraction of sp³-hybridized carbons (Fsp3) is 1.00. The zero-order valence-electron chi connectivity index (χ0n) is 8.97. The number of nitrogens with one attached hydrogen (secondary N) is 1. The minimum atomic E-state index is 0.258. The molecule has 0 aromatic rings. The van der Waals surface area contributed by atoms with Crippen LogP contribution in [0.5, 0.6) is 0 Å². The molecule has 1 N–H and O–H groups in total. The first-order valence-electron chi connectivity index (χ1n) is 5.56. The van der Waals surface area contributed by atoms with Gasteiger partial charge in [0.2, 0.25) is 0 Å². The van der Waals surface area contributed by atoms with Gasteiger partial charge in [0, 0.05) is 18.9 Å². The Balaban J connectivity index is 1.70. The van der Waals surface area contributed by atoms with E-state index in [1.807, 2.05) is 0 Å². The number of hydrogen-bond acceptors (Lipinski definition) is 2. The van der Waals surface area contributed by atoms with Crippen LogP contribution in [-0.2, 0) is 4.74 Å². The Morgan fingerprint density at radius 3 is 2.62 bits per heavy atom. The fourth-order valence-corrected chi connectivity index (χ4v) is 2.65. The molecule has 2 heteroatoms. The summed E-state index contributed by atoms with van der Waals surface area (Å²) in [7, 11) is 0. The maximum Gasteiger partial charge on any atom is 0.0887 e. The van der Waals surface area contributed by atoms with Crippen molar-refractivity contribution in [2.75, 3.05) is 13.1 Å². The van der Waals surface area contributed by atoms with Crippen molar-refractivity contribution in [1.82, 2.24) is 5.32 Å². The minimum absolute atomic E-state index is 0.258. The normalized spacial score (nSPS) is 41.5. The van der Waals surface area contributed by atoms with E-state index in [2.05, 4.69) is 26.1 Å². The van der Waals surface area contributed by atoms with Crippen LogP contribution in [0.1, 0.15) is 33.6 Å². The molecule has 3 unspecified atom stereocenters. The SMILES string of the molecule is CCC1C2CC1(CNCC(C)C)O2. The minimum Gasteiger partial charge on any atom is -0.369 e. The first-order chi connectivity index (χ1) is 6.18. The summed E-state index contributed by atoms with van der Waals surface area (Å²) in [6, 6.07) is 0. The van der Waals surface area contributed by atoms with Crippen LogP contribution in [0.4, 0.5) is 0 Å². The van der Waals surface area contributed by atoms with Gasteiger partial charge in [0.05, 0.1) is 11.7 Å². The lowest BCUT2D eigenvalue weighted by Gasteiger charge is -2.67. The molecule has 2 nitrogen and oxygen atoms in total. The Bertz CT molecular complexity index is 185. The molecule has 1 aliphatic carbocycles. The summed E-state index contributed by atoms with van der Waals surface area (Å²) in [4.78, 5) is 0. The van der Waals surface area contributed by atoms with E-state index in [-0.39, 0.29) is 5.60 Å². The molecule has 2 heterocycles. The van der Waals surface area contributed by atoms with Gasteiger partial charge in [-0.15, -0.1) is 0 Å². The van der Waals surface area contributed by atoms with Gasteiger partial charge in [-0.2, -0.15) is 0 Å². The second kappa shape index (κ2) is 3.25. The highest BCUT2D eigenvalue weighted by Gasteiger charge is 2.65. The van der Waals surface area contributed by atoms with Crippen molar-refractivity contribution in [3.05, 3.63) is 0 Å². The average molecular weight is 183 g/mol. The van der Waals surface area contributed by atoms with E-state index < -0.39 is 0 Å². The van der Waals surface area contributed by atoms with Gasteiger partial charge in [-0.05, 0) is 18.9 Å². The van der Waals surface area contributed by atoms with Crippen LogP contribution in [0, 0.1) is 11.8 Å². The molecule has 3 rings (SSSR count). The standard InChI is InChI=1S/C11H21NO/c1-4-9-10-5-11(9,13-10)7-12-6-8(2)3/h8-10,12H,4-7H2,1-3H3. The Morgan fingerprint density at radius 1 is 1.54 bits per heavy atom. The molecule has 0 amide bonds. The van der Waals surface area contributed by atoms with E-state index in [0.717, 1.165) is 24.9 Å². The lowest BCUT2D eigenvalue weighted by molar-refractivity contribution is -0.369. The molecule has 2 saturated heterocycles. The predicted molar refractivity (Wildman–Crippen MR) is 53.7 cm³/mol. The van der Waals surface area contributed by atoms with Crippen molar-refractivity contribution in [1.29, 1.82) is 0 Å². The molecule has 3 aliphatic rings. The summed E-state index contributed by atoms with van der Waals surface area (Å²) in [5.41, 5.74) is 0.258. The quantitative estimate of drug-likeness (QED) is 0.701. The van der Waals surface area contributed by atoms with Gasteiger partial charge in [0.15, 0.2) is 0 Å². The molecule has 0 aromatic carbocycles. The van der Waals surface area contributed by atoms with Crippen LogP contribution in [0.3, 0.4) is 0 Å². The zero-order valence-corrected chi connectivity index (χ0v) is 8.97. The van der Waals surface area contributed by atoms with Crippen LogP contribution in [0.2, 0.25) is 0 Å². The number of hydrogen-bond donors (Lipinski definition) is 1. The smallest absolute Gasteiger partial charge is 0.0887 e. The van der Waals surface area contributed by atoms with Gasteiger partial charge >= 0.3 is 0 Å². The summed E-state index contributed by atoms with van der Waals surface area (Å²) in [5.74, 6) is 1.60. The molecule has 3 fully saturated rings. The second-order valence-corrected chi connectivity index (χ2v) is 4.96. The second-order valence-electron chi connectivity index (χ2n) is 4.96. The van der Waals surface area contributed by atoms with Crippen LogP contribution in [0.25, 0.3) is 0 Å². The maximum absolute atomic E-state index is 5.74. The van der Waals surface area contributed by atoms with Gasteiger partial charge < -0.3 is 10.1 Å². The molecule has 2 aliphatic heterocycles. The molecule has 2 bridgehead atoms. The Hall–Kier alpha value is -0.0800. The van der Waals surface area contributed by atoms with Crippen molar-refractivity contribution in [2.24, 2.45) is 11.8 Å². The van der Waals surface area contributed by atoms with Crippen LogP contribution < -0.4 is 5.32 Å². The third kappa shape index (κ3) is 1.40. The van der Waals surface area contributed by atoms with Crippen molar-refractivity contribution in [2.45, 2.75) is 45.3 Å². The number of rotatable bonds is 5. The van der Waals surface area contributed by atoms with Gasteiger partial charge in [-0.25, -0.2) is 0 Å². The van der Waals surface area contributed by atoms with Crippen LogP contribution in [-0.4, -0.2) is 24.8 Å². The summed E-state index contributed by atoms with van der Waals surface area (Å²) in [6.07, 6.45) is 3.20. The molecule has 0 radical (unpaired) electrons. The van der Waals surface area contributed by atoms with E-state index in [0.29, 0.717) is 6.10 Å². The molecule has 3 atom stereocenters. The molecule has 13 heavy (non-hydrogen) atoms. The molecule has 76 valence electrons. The molecule has 0 aromatic heterocycles. The fourth-order valence-electron chi connectivity index (χ4n) is 2.65. The van der Waals surface area contributed by atoms with Gasteiger partial charge in [0.25, 0.3) is 0 Å². The van der Waals surface area contributed by atoms with Crippen molar-refractivity contribution in [3.8, 4) is 0 Å². The van der Waals surface area contributed by atoms with E-state index in [1.54, 1.807) is 0 Å². The zero-order chi connectivity index (χ0) is 9.47. The Morgan fingerprint density at radius 2 is 2.23 bits per heavy atom. The first-order valence-corrected chi connectivity index (χ1v) is 5.56. The summed E-state index contributed by atoms with van der Waals surface area (Å²) < 4.78 is 5.74. The molecular weight excluding hydrogens is 162 g/mol. The summed E-state index contributed by atoms with van der Waals surface area (Å²) in [6.45, 7) is 8.95. The highest BCUT2D eigenvalue weighted by molar-refractivity contribution is 5.15. The molecular formula is C11H21NO. The van der Waals surface area contributed by atoms with Crippen molar-refractivity contribution >= 4 is 0 Å². The van der Waals surface area contributed by atoms with Gasteiger partial charge in [-0.1, -0.05) is 20.8 Å². The number of ether oxygens (including phenoxy) is 1. The predicted octanol–water partition coefficient (Wildman–Crippen LogP) is 1.80. The monoisotopic (exact) mass is 183 g/mol. The largest absolute Gasteiger partial charge is 0.369 e. The van der Waals surface area contributed by atoms with Crippen molar-refractivity contribution in [3.63, 3.8) is 0 Å². The van der Waals surface area contributed by atoms with E-state index in [9.17, 15) is 0 Å². The Kier molecular flexibility index (Phi) is 2.37. The van der Waals surface area contributed by atoms with E-state index in [1.165, 1.54) is 12.8 Å². The summed E-state index contributed by atoms with van der Waals surface area (Å²) >= 11 is 0. The maximum atomic E-state index is 5.74. The molecule has 0 spiro atoms. The van der Waals surface area contributed by atoms with Crippen LogP contribution in [0.15, 0.2) is 0 Å². The third-order valence-electron chi connectivity index (χ3n) is 3.47. The van der Waals surface area contributed by atoms with E-state index in [4.69, 9.17) is 4.74 Å². The highest BCUT2D eigenvalue weighted by atomic mass is 16.6. The highest BCUT2D eigenvalue weighted by Crippen LogP contribution is 2.57. The van der Waals surface area contributed by atoms with Gasteiger partial charge in [-0.3, -0.25) is 0 Å². The van der Waals surface area contributed by atoms with Gasteiger partial charge in [0.1, 0.15) is 0 Å². The lowest BCUT2D eigenvalue weighted by Crippen LogP contribution is -2.76. The first kappa shape index (κ1) is 9.47. The van der Waals surface area contributed by atoms with Crippen molar-refractivity contribution < 1.29 is 4.74 Å². The Labute approximate surface area is 81.0 Å². The lowest BCUT2D eigenvalue weighted by atomic mass is 9.59. The van der Waals surface area contributed by atoms with Crippen LogP contribution >= 0.6 is 0 Å². The van der Waals surface area contributed by atoms with E-state index >= 15 is 0 Å². The molecule has 1 saturated carbocycles. The topological polar surface area (TPSA) is 21.3 Å².